The van der Waals surface area contributed by atoms with Crippen LogP contribution in [-0.4, -0.2) is 62.8 Å². The molecule has 0 spiro atoms. The van der Waals surface area contributed by atoms with Crippen molar-refractivity contribution in [2.75, 3.05) is 39.9 Å². The maximum atomic E-state index is 11.7. The van der Waals surface area contributed by atoms with Crippen molar-refractivity contribution >= 4 is 11.9 Å². The number of carbonyl (C=O) groups excluding carboxylic acids is 2. The summed E-state index contributed by atoms with van der Waals surface area (Å²) in [5.74, 6) is 0.326. The molecule has 1 saturated heterocycles. The summed E-state index contributed by atoms with van der Waals surface area (Å²) in [6.45, 7) is 2.65. The van der Waals surface area contributed by atoms with Gasteiger partial charge in [-0.1, -0.05) is 0 Å². The molecule has 0 aromatic carbocycles. The molecule has 18 heavy (non-hydrogen) atoms. The molecule has 1 aliphatic heterocycles. The van der Waals surface area contributed by atoms with Gasteiger partial charge in [0.25, 0.3) is 0 Å². The van der Waals surface area contributed by atoms with E-state index in [1.165, 1.54) is 20.0 Å². The zero-order valence-electron chi connectivity index (χ0n) is 10.7. The number of nitrogens with one attached hydrogen (secondary N) is 1. The van der Waals surface area contributed by atoms with E-state index >= 15 is 0 Å². The van der Waals surface area contributed by atoms with E-state index in [0.29, 0.717) is 32.2 Å². The monoisotopic (exact) mass is 256 g/mol. The van der Waals surface area contributed by atoms with Crippen LogP contribution in [0.4, 0.5) is 0 Å². The molecule has 1 N–H and O–H groups in total. The van der Waals surface area contributed by atoms with Gasteiger partial charge >= 0.3 is 5.97 Å². The molecule has 2 aliphatic rings. The number of hydrogen-bond acceptors (Lipinski definition) is 5. The van der Waals surface area contributed by atoms with Crippen LogP contribution in [0.2, 0.25) is 0 Å². The molecule has 0 aromatic heterocycles. The van der Waals surface area contributed by atoms with Gasteiger partial charge in [-0.2, -0.15) is 0 Å². The second kappa shape index (κ2) is 6.15. The van der Waals surface area contributed by atoms with Crippen molar-refractivity contribution in [3.8, 4) is 0 Å². The molecule has 2 rings (SSSR count). The Balaban J connectivity index is 1.70. The van der Waals surface area contributed by atoms with E-state index in [1.54, 1.807) is 0 Å². The summed E-state index contributed by atoms with van der Waals surface area (Å²) >= 11 is 0. The lowest BCUT2D eigenvalue weighted by Crippen LogP contribution is -2.49. The van der Waals surface area contributed by atoms with Crippen LogP contribution >= 0.6 is 0 Å². The van der Waals surface area contributed by atoms with Crippen LogP contribution in [0, 0.1) is 5.92 Å². The third kappa shape index (κ3) is 3.96. The zero-order chi connectivity index (χ0) is 13.0. The van der Waals surface area contributed by atoms with E-state index in [1.807, 2.05) is 4.90 Å². The second-order valence-corrected chi connectivity index (χ2v) is 4.87. The van der Waals surface area contributed by atoms with Gasteiger partial charge in [-0.15, -0.1) is 0 Å². The van der Waals surface area contributed by atoms with E-state index in [0.717, 1.165) is 6.54 Å². The van der Waals surface area contributed by atoms with Crippen LogP contribution in [0.25, 0.3) is 0 Å². The van der Waals surface area contributed by atoms with Crippen molar-refractivity contribution in [2.45, 2.75) is 18.9 Å². The lowest BCUT2D eigenvalue weighted by Gasteiger charge is -2.30. The Morgan fingerprint density at radius 2 is 2.22 bits per heavy atom. The maximum absolute atomic E-state index is 11.7. The number of hydrogen-bond donors (Lipinski definition) is 1. The van der Waals surface area contributed by atoms with Crippen LogP contribution in [-0.2, 0) is 19.1 Å². The Bertz CT molecular complexity index is 317. The second-order valence-electron chi connectivity index (χ2n) is 4.87. The molecule has 6 heteroatoms. The molecule has 6 nitrogen and oxygen atoms in total. The van der Waals surface area contributed by atoms with Gasteiger partial charge in [0.1, 0.15) is 0 Å². The molecule has 0 bridgehead atoms. The highest BCUT2D eigenvalue weighted by Crippen LogP contribution is 2.27. The summed E-state index contributed by atoms with van der Waals surface area (Å²) in [5, 5.41) is 2.91. The van der Waals surface area contributed by atoms with Gasteiger partial charge < -0.3 is 14.8 Å². The van der Waals surface area contributed by atoms with Crippen molar-refractivity contribution in [1.82, 2.24) is 10.2 Å². The first-order valence-corrected chi connectivity index (χ1v) is 6.37. The van der Waals surface area contributed by atoms with Gasteiger partial charge in [0.05, 0.1) is 20.3 Å². The van der Waals surface area contributed by atoms with Crippen molar-refractivity contribution in [2.24, 2.45) is 5.92 Å². The molecule has 0 aromatic rings. The Labute approximate surface area is 107 Å². The number of rotatable bonds is 5. The van der Waals surface area contributed by atoms with Crippen molar-refractivity contribution in [1.29, 1.82) is 0 Å². The third-order valence-corrected chi connectivity index (χ3v) is 3.27. The van der Waals surface area contributed by atoms with E-state index in [2.05, 4.69) is 10.1 Å². The SMILES string of the molecule is COC(=O)C1CN(CC(=O)NCC2CC2)CCO1. The zero-order valence-corrected chi connectivity index (χ0v) is 10.7. The first kappa shape index (κ1) is 13.3. The normalized spacial score (nSPS) is 24.6. The highest BCUT2D eigenvalue weighted by molar-refractivity contribution is 5.78. The fourth-order valence-electron chi connectivity index (χ4n) is 1.96. The standard InChI is InChI=1S/C12H20N2O4/c1-17-12(16)10-7-14(4-5-18-10)8-11(15)13-6-9-2-3-9/h9-10H,2-8H2,1H3,(H,13,15). The Morgan fingerprint density at radius 3 is 2.89 bits per heavy atom. The summed E-state index contributed by atoms with van der Waals surface area (Å²) in [4.78, 5) is 25.0. The van der Waals surface area contributed by atoms with Gasteiger partial charge in [-0.25, -0.2) is 4.79 Å². The van der Waals surface area contributed by atoms with Crippen molar-refractivity contribution in [3.63, 3.8) is 0 Å². The lowest BCUT2D eigenvalue weighted by atomic mass is 10.2. The first-order chi connectivity index (χ1) is 8.69. The summed E-state index contributed by atoms with van der Waals surface area (Å²) in [5.41, 5.74) is 0. The van der Waals surface area contributed by atoms with Crippen LogP contribution in [0.15, 0.2) is 0 Å². The molecule has 1 amide bonds. The Kier molecular flexibility index (Phi) is 4.54. The van der Waals surface area contributed by atoms with Gasteiger partial charge in [-0.05, 0) is 18.8 Å². The molecule has 0 radical (unpaired) electrons. The Hall–Kier alpha value is -1.14. The summed E-state index contributed by atoms with van der Waals surface area (Å²) in [6.07, 6.45) is 1.88. The molecule has 2 fully saturated rings. The number of ether oxygens (including phenoxy) is 2. The summed E-state index contributed by atoms with van der Waals surface area (Å²) in [6, 6.07) is 0. The van der Waals surface area contributed by atoms with E-state index in [9.17, 15) is 9.59 Å². The summed E-state index contributed by atoms with van der Waals surface area (Å²) < 4.78 is 9.94. The Morgan fingerprint density at radius 1 is 1.44 bits per heavy atom. The van der Waals surface area contributed by atoms with Crippen molar-refractivity contribution in [3.05, 3.63) is 0 Å². The lowest BCUT2D eigenvalue weighted by molar-refractivity contribution is -0.160. The third-order valence-electron chi connectivity index (χ3n) is 3.27. The van der Waals surface area contributed by atoms with Crippen LogP contribution in [0.3, 0.4) is 0 Å². The fourth-order valence-corrected chi connectivity index (χ4v) is 1.96. The highest BCUT2D eigenvalue weighted by atomic mass is 16.6. The minimum atomic E-state index is -0.569. The molecule has 1 heterocycles. The molecule has 1 saturated carbocycles. The van der Waals surface area contributed by atoms with Gasteiger partial charge in [0, 0.05) is 19.6 Å². The number of nitrogens with zero attached hydrogens (tertiary/aromatic N) is 1. The quantitative estimate of drug-likeness (QED) is 0.664. The topological polar surface area (TPSA) is 67.9 Å². The average Bonchev–Trinajstić information content (AvgIpc) is 3.20. The van der Waals surface area contributed by atoms with Crippen LogP contribution in [0.1, 0.15) is 12.8 Å². The van der Waals surface area contributed by atoms with Gasteiger partial charge in [0.2, 0.25) is 5.91 Å². The maximum Gasteiger partial charge on any atom is 0.336 e. The minimum Gasteiger partial charge on any atom is -0.467 e. The number of methoxy groups -OCH3 is 1. The van der Waals surface area contributed by atoms with Gasteiger partial charge in [-0.3, -0.25) is 9.69 Å². The predicted octanol–water partition coefficient (Wildman–Crippen LogP) is -0.614. The predicted molar refractivity (Wildman–Crippen MR) is 63.9 cm³/mol. The van der Waals surface area contributed by atoms with E-state index in [4.69, 9.17) is 4.74 Å². The minimum absolute atomic E-state index is 0.0208. The smallest absolute Gasteiger partial charge is 0.336 e. The number of carbonyl (C=O) groups is 2. The average molecular weight is 256 g/mol. The molecule has 102 valence electrons. The van der Waals surface area contributed by atoms with E-state index < -0.39 is 6.10 Å². The largest absolute Gasteiger partial charge is 0.467 e. The molecule has 1 atom stereocenters. The fraction of sp³-hybridized carbons (Fsp3) is 0.833. The number of morpholine rings is 1. The van der Waals surface area contributed by atoms with Crippen LogP contribution < -0.4 is 5.32 Å². The molecular formula is C12H20N2O4. The van der Waals surface area contributed by atoms with Crippen molar-refractivity contribution < 1.29 is 19.1 Å². The van der Waals surface area contributed by atoms with Gasteiger partial charge in [0.15, 0.2) is 6.10 Å². The molecule has 1 aliphatic carbocycles. The van der Waals surface area contributed by atoms with E-state index in [-0.39, 0.29) is 11.9 Å². The number of amides is 1. The van der Waals surface area contributed by atoms with Crippen LogP contribution in [0.5, 0.6) is 0 Å². The molecule has 1 unspecified atom stereocenters. The molecular weight excluding hydrogens is 236 g/mol. The summed E-state index contributed by atoms with van der Waals surface area (Å²) in [7, 11) is 1.34. The first-order valence-electron chi connectivity index (χ1n) is 6.37. The number of esters is 1. The highest BCUT2D eigenvalue weighted by Gasteiger charge is 2.28.